The number of hydrogen-bond acceptors (Lipinski definition) is 2. The number of rotatable bonds is 6. The van der Waals surface area contributed by atoms with E-state index in [0.29, 0.717) is 0 Å². The Morgan fingerprint density at radius 3 is 1.69 bits per heavy atom. The molecule has 12 rings (SSSR count). The molecule has 0 amide bonds. The Labute approximate surface area is 347 Å². The smallest absolute Gasteiger partial charge is 0.0714 e. The highest BCUT2D eigenvalue weighted by Crippen LogP contribution is 2.56. The van der Waals surface area contributed by atoms with Gasteiger partial charge in [-0.2, -0.15) is 0 Å². The molecule has 1 aromatic heterocycles. The monoisotopic (exact) mass is 767 g/mol. The molecule has 0 bridgehead atoms. The SMILES string of the molecule is c1ccc(N(c2ccc(-c3cc4ccccc4c4c3ccc3c5ccccc5sc34)cc2)c2cccc(C3(c4ccccc4)c4ccccc4-c4ccccc43)c2)cc1. The number of fused-ring (bicyclic) bond motifs is 10. The summed E-state index contributed by atoms with van der Waals surface area (Å²) in [7, 11) is 0. The van der Waals surface area contributed by atoms with Crippen molar-refractivity contribution in [1.82, 2.24) is 0 Å². The van der Waals surface area contributed by atoms with Gasteiger partial charge in [0.1, 0.15) is 0 Å². The van der Waals surface area contributed by atoms with Crippen molar-refractivity contribution in [3.05, 3.63) is 247 Å². The van der Waals surface area contributed by atoms with Gasteiger partial charge in [-0.1, -0.05) is 176 Å². The van der Waals surface area contributed by atoms with Crippen LogP contribution in [0.2, 0.25) is 0 Å². The maximum absolute atomic E-state index is 2.42. The second-order valence-corrected chi connectivity index (χ2v) is 16.6. The number of benzene rings is 10. The van der Waals surface area contributed by atoms with Crippen LogP contribution >= 0.6 is 11.3 Å². The van der Waals surface area contributed by atoms with Gasteiger partial charge in [-0.05, 0) is 109 Å². The van der Waals surface area contributed by atoms with E-state index in [1.165, 1.54) is 86.2 Å². The normalized spacial score (nSPS) is 12.9. The lowest BCUT2D eigenvalue weighted by Crippen LogP contribution is -2.28. The van der Waals surface area contributed by atoms with E-state index in [1.807, 2.05) is 11.3 Å². The molecule has 1 aliphatic carbocycles. The van der Waals surface area contributed by atoms with Crippen LogP contribution in [0.3, 0.4) is 0 Å². The molecule has 0 fully saturated rings. The third-order valence-electron chi connectivity index (χ3n) is 12.5. The zero-order valence-electron chi connectivity index (χ0n) is 32.2. The molecule has 0 aliphatic heterocycles. The predicted molar refractivity (Wildman–Crippen MR) is 252 cm³/mol. The van der Waals surface area contributed by atoms with Gasteiger partial charge < -0.3 is 4.90 Å². The first-order valence-electron chi connectivity index (χ1n) is 20.3. The highest BCUT2D eigenvalue weighted by atomic mass is 32.1. The van der Waals surface area contributed by atoms with Crippen molar-refractivity contribution >= 4 is 70.1 Å². The van der Waals surface area contributed by atoms with E-state index in [0.717, 1.165) is 17.1 Å². The van der Waals surface area contributed by atoms with Crippen molar-refractivity contribution in [2.24, 2.45) is 0 Å². The van der Waals surface area contributed by atoms with E-state index in [4.69, 9.17) is 0 Å². The molecule has 0 unspecified atom stereocenters. The first kappa shape index (κ1) is 33.8. The fraction of sp³-hybridized carbons (Fsp3) is 0.0175. The molecule has 276 valence electrons. The summed E-state index contributed by atoms with van der Waals surface area (Å²) in [6.45, 7) is 0. The quantitative estimate of drug-likeness (QED) is 0.152. The van der Waals surface area contributed by atoms with Crippen LogP contribution in [0, 0.1) is 0 Å². The van der Waals surface area contributed by atoms with Crippen LogP contribution in [0.25, 0.3) is 64.0 Å². The second-order valence-electron chi connectivity index (χ2n) is 15.6. The largest absolute Gasteiger partial charge is 0.310 e. The number of nitrogens with zero attached hydrogens (tertiary/aromatic N) is 1. The van der Waals surface area contributed by atoms with Crippen molar-refractivity contribution in [2.75, 3.05) is 4.90 Å². The third kappa shape index (κ3) is 5.10. The zero-order chi connectivity index (χ0) is 38.9. The van der Waals surface area contributed by atoms with Crippen LogP contribution in [-0.2, 0) is 5.41 Å². The average Bonchev–Trinajstić information content (AvgIpc) is 3.84. The minimum absolute atomic E-state index is 0.479. The van der Waals surface area contributed by atoms with Crippen molar-refractivity contribution in [1.29, 1.82) is 0 Å². The molecular formula is C57H37NS. The summed E-state index contributed by atoms with van der Waals surface area (Å²) in [6, 6.07) is 82.9. The molecule has 0 saturated carbocycles. The summed E-state index contributed by atoms with van der Waals surface area (Å²) in [5.74, 6) is 0. The topological polar surface area (TPSA) is 3.24 Å². The molecule has 0 atom stereocenters. The molecule has 0 spiro atoms. The van der Waals surface area contributed by atoms with Gasteiger partial charge in [-0.3, -0.25) is 0 Å². The molecule has 10 aromatic carbocycles. The molecule has 0 N–H and O–H groups in total. The highest BCUT2D eigenvalue weighted by molar-refractivity contribution is 7.26. The Hall–Kier alpha value is -7.26. The Morgan fingerprint density at radius 1 is 0.356 bits per heavy atom. The molecule has 1 nitrogen and oxygen atoms in total. The van der Waals surface area contributed by atoms with E-state index in [2.05, 4.69) is 229 Å². The summed E-state index contributed by atoms with van der Waals surface area (Å²) in [5.41, 5.74) is 13.0. The fourth-order valence-electron chi connectivity index (χ4n) is 10.0. The fourth-order valence-corrected chi connectivity index (χ4v) is 11.3. The number of para-hydroxylation sites is 1. The van der Waals surface area contributed by atoms with Crippen LogP contribution in [0.1, 0.15) is 22.3 Å². The summed E-state index contributed by atoms with van der Waals surface area (Å²) in [6.07, 6.45) is 0. The average molecular weight is 768 g/mol. The summed E-state index contributed by atoms with van der Waals surface area (Å²) < 4.78 is 2.68. The maximum atomic E-state index is 2.42. The molecule has 0 radical (unpaired) electrons. The Bertz CT molecular complexity index is 3330. The molecule has 59 heavy (non-hydrogen) atoms. The van der Waals surface area contributed by atoms with Crippen LogP contribution in [0.4, 0.5) is 17.1 Å². The first-order valence-corrected chi connectivity index (χ1v) is 21.2. The highest BCUT2D eigenvalue weighted by Gasteiger charge is 2.46. The van der Waals surface area contributed by atoms with Crippen LogP contribution in [0.5, 0.6) is 0 Å². The summed E-state index contributed by atoms with van der Waals surface area (Å²) in [4.78, 5) is 2.40. The first-order chi connectivity index (χ1) is 29.3. The number of hydrogen-bond donors (Lipinski definition) is 0. The predicted octanol–water partition coefficient (Wildman–Crippen LogP) is 15.9. The van der Waals surface area contributed by atoms with Crippen LogP contribution < -0.4 is 4.90 Å². The van der Waals surface area contributed by atoms with Crippen molar-refractivity contribution in [3.63, 3.8) is 0 Å². The third-order valence-corrected chi connectivity index (χ3v) is 13.7. The van der Waals surface area contributed by atoms with Gasteiger partial charge in [0.25, 0.3) is 0 Å². The maximum Gasteiger partial charge on any atom is 0.0714 e. The lowest BCUT2D eigenvalue weighted by Gasteiger charge is -2.35. The molecule has 1 heterocycles. The van der Waals surface area contributed by atoms with Gasteiger partial charge in [0, 0.05) is 42.6 Å². The van der Waals surface area contributed by atoms with E-state index in [-0.39, 0.29) is 0 Å². The standard InChI is InChI=1S/C57H37NS/c1-3-17-40(18-4-1)57(52-27-12-9-24-46(52)47-25-10-13-28-53(47)57)41-19-15-22-44(37-41)58(42-20-5-2-6-21-42)43-32-30-38(31-33-43)51-36-39-16-7-8-23-45(39)55-49(51)34-35-50-48-26-11-14-29-54(48)59-56(50)55/h1-37H. The molecule has 2 heteroatoms. The van der Waals surface area contributed by atoms with E-state index < -0.39 is 5.41 Å². The molecule has 0 saturated heterocycles. The minimum Gasteiger partial charge on any atom is -0.310 e. The Balaban J connectivity index is 1.03. The summed E-state index contributed by atoms with van der Waals surface area (Å²) in [5, 5.41) is 7.84. The van der Waals surface area contributed by atoms with Gasteiger partial charge in [0.05, 0.1) is 5.41 Å². The Morgan fingerprint density at radius 2 is 0.932 bits per heavy atom. The van der Waals surface area contributed by atoms with Crippen LogP contribution in [-0.4, -0.2) is 0 Å². The van der Waals surface area contributed by atoms with Gasteiger partial charge in [-0.15, -0.1) is 11.3 Å². The van der Waals surface area contributed by atoms with E-state index in [9.17, 15) is 0 Å². The number of thiophene rings is 1. The van der Waals surface area contributed by atoms with Crippen molar-refractivity contribution < 1.29 is 0 Å². The lowest BCUT2D eigenvalue weighted by atomic mass is 9.67. The van der Waals surface area contributed by atoms with Crippen molar-refractivity contribution in [3.8, 4) is 22.3 Å². The van der Waals surface area contributed by atoms with Gasteiger partial charge in [0.2, 0.25) is 0 Å². The lowest BCUT2D eigenvalue weighted by molar-refractivity contribution is 0.768. The summed E-state index contributed by atoms with van der Waals surface area (Å²) >= 11 is 1.91. The second kappa shape index (κ2) is 13.4. The van der Waals surface area contributed by atoms with Gasteiger partial charge >= 0.3 is 0 Å². The molecule has 11 aromatic rings. The van der Waals surface area contributed by atoms with Gasteiger partial charge in [0.15, 0.2) is 0 Å². The molecule has 1 aliphatic rings. The van der Waals surface area contributed by atoms with Crippen molar-refractivity contribution in [2.45, 2.75) is 5.41 Å². The zero-order valence-corrected chi connectivity index (χ0v) is 33.0. The van der Waals surface area contributed by atoms with Crippen LogP contribution in [0.15, 0.2) is 224 Å². The van der Waals surface area contributed by atoms with E-state index in [1.54, 1.807) is 0 Å². The minimum atomic E-state index is -0.479. The van der Waals surface area contributed by atoms with Gasteiger partial charge in [-0.25, -0.2) is 0 Å². The Kier molecular flexibility index (Phi) is 7.69. The van der Waals surface area contributed by atoms with E-state index >= 15 is 0 Å². The molecular weight excluding hydrogens is 731 g/mol. The number of anilines is 3.